The summed E-state index contributed by atoms with van der Waals surface area (Å²) in [6.45, 7) is -0.373. The summed E-state index contributed by atoms with van der Waals surface area (Å²) in [7, 11) is 0. The molecule has 5 nitrogen and oxygen atoms in total. The van der Waals surface area contributed by atoms with Crippen molar-refractivity contribution in [2.75, 3.05) is 6.54 Å². The second kappa shape index (κ2) is 4.13. The van der Waals surface area contributed by atoms with Gasteiger partial charge in [-0.1, -0.05) is 5.16 Å². The summed E-state index contributed by atoms with van der Waals surface area (Å²) < 4.78 is 36.8. The van der Waals surface area contributed by atoms with Gasteiger partial charge >= 0.3 is 0 Å². The van der Waals surface area contributed by atoms with Crippen molar-refractivity contribution in [1.82, 2.24) is 15.5 Å². The van der Waals surface area contributed by atoms with Gasteiger partial charge in [-0.25, -0.2) is 8.78 Å². The van der Waals surface area contributed by atoms with Crippen LogP contribution in [0, 0.1) is 0 Å². The van der Waals surface area contributed by atoms with Crippen LogP contribution in [-0.4, -0.2) is 22.6 Å². The minimum Gasteiger partial charge on any atom is -0.446 e. The van der Waals surface area contributed by atoms with Gasteiger partial charge in [0.25, 0.3) is 5.92 Å². The van der Waals surface area contributed by atoms with Gasteiger partial charge in [0.15, 0.2) is 10.4 Å². The van der Waals surface area contributed by atoms with Gasteiger partial charge in [0.1, 0.15) is 0 Å². The van der Waals surface area contributed by atoms with Gasteiger partial charge in [-0.2, -0.15) is 4.98 Å². The van der Waals surface area contributed by atoms with Crippen LogP contribution in [0.15, 0.2) is 25.7 Å². The molecule has 0 aliphatic carbocycles. The third kappa shape index (κ3) is 2.17. The van der Waals surface area contributed by atoms with E-state index in [9.17, 15) is 8.78 Å². The first-order chi connectivity index (χ1) is 8.53. The van der Waals surface area contributed by atoms with Crippen molar-refractivity contribution >= 4 is 15.9 Å². The Morgan fingerprint density at radius 3 is 2.89 bits per heavy atom. The molecule has 1 aliphatic heterocycles. The van der Waals surface area contributed by atoms with Crippen molar-refractivity contribution in [3.8, 4) is 11.6 Å². The van der Waals surface area contributed by atoms with Crippen LogP contribution in [0.2, 0.25) is 0 Å². The molecule has 2 aromatic rings. The largest absolute Gasteiger partial charge is 0.446 e. The average molecular weight is 320 g/mol. The minimum atomic E-state index is -2.73. The molecule has 0 saturated carbocycles. The third-order valence-corrected chi connectivity index (χ3v) is 3.07. The van der Waals surface area contributed by atoms with E-state index in [1.807, 2.05) is 0 Å². The Balaban J connectivity index is 1.82. The zero-order chi connectivity index (χ0) is 12.8. The maximum absolute atomic E-state index is 13.0. The van der Waals surface area contributed by atoms with Crippen LogP contribution >= 0.6 is 15.9 Å². The molecule has 0 spiro atoms. The number of nitrogens with one attached hydrogen (secondary N) is 1. The molecule has 1 fully saturated rings. The van der Waals surface area contributed by atoms with E-state index >= 15 is 0 Å². The van der Waals surface area contributed by atoms with E-state index in [-0.39, 0.29) is 24.7 Å². The van der Waals surface area contributed by atoms with Crippen LogP contribution in [0.1, 0.15) is 18.4 Å². The van der Waals surface area contributed by atoms with Crippen molar-refractivity contribution in [3.05, 3.63) is 22.7 Å². The van der Waals surface area contributed by atoms with E-state index in [1.54, 1.807) is 12.1 Å². The smallest absolute Gasteiger partial charge is 0.262 e. The Bertz CT molecular complexity index is 569. The Labute approximate surface area is 109 Å². The van der Waals surface area contributed by atoms with Gasteiger partial charge in [0.05, 0.1) is 12.6 Å². The van der Waals surface area contributed by atoms with E-state index in [2.05, 4.69) is 31.4 Å². The Morgan fingerprint density at radius 2 is 2.28 bits per heavy atom. The Kier molecular flexibility index (Phi) is 2.70. The molecule has 1 atom stereocenters. The monoisotopic (exact) mass is 319 g/mol. The van der Waals surface area contributed by atoms with Crippen molar-refractivity contribution in [2.45, 2.75) is 18.4 Å². The van der Waals surface area contributed by atoms with Crippen molar-refractivity contribution < 1.29 is 17.7 Å². The first kappa shape index (κ1) is 11.8. The molecule has 0 radical (unpaired) electrons. The molecule has 0 bridgehead atoms. The number of alkyl halides is 2. The quantitative estimate of drug-likeness (QED) is 0.922. The summed E-state index contributed by atoms with van der Waals surface area (Å²) in [5, 5.41) is 6.35. The van der Waals surface area contributed by atoms with E-state index in [1.165, 1.54) is 0 Å². The molecule has 1 N–H and O–H groups in total. The fourth-order valence-electron chi connectivity index (χ4n) is 1.80. The first-order valence-corrected chi connectivity index (χ1v) is 6.03. The zero-order valence-corrected chi connectivity index (χ0v) is 10.6. The van der Waals surface area contributed by atoms with Crippen LogP contribution in [0.5, 0.6) is 0 Å². The molecular formula is C10H8BrF2N3O2. The van der Waals surface area contributed by atoms with Crippen LogP contribution in [0.25, 0.3) is 11.6 Å². The van der Waals surface area contributed by atoms with Gasteiger partial charge in [-0.15, -0.1) is 0 Å². The molecule has 8 heteroatoms. The zero-order valence-electron chi connectivity index (χ0n) is 8.99. The number of aromatic nitrogens is 2. The van der Waals surface area contributed by atoms with Gasteiger partial charge in [-0.05, 0) is 28.1 Å². The summed E-state index contributed by atoms with van der Waals surface area (Å²) in [6.07, 6.45) is -0.337. The molecule has 96 valence electrons. The van der Waals surface area contributed by atoms with Crippen molar-refractivity contribution in [2.24, 2.45) is 0 Å². The molecule has 3 heterocycles. The standard InChI is InChI=1S/C10H8BrF2N3O2/c11-7-2-1-6(17-7)8-15-9(18-16-8)5-3-10(12,13)4-14-5/h1-2,5,14H,3-4H2. The van der Waals surface area contributed by atoms with Crippen LogP contribution in [-0.2, 0) is 0 Å². The lowest BCUT2D eigenvalue weighted by atomic mass is 10.2. The average Bonchev–Trinajstić information content (AvgIpc) is 2.96. The molecule has 3 rings (SSSR count). The number of furan rings is 1. The molecular weight excluding hydrogens is 312 g/mol. The third-order valence-electron chi connectivity index (χ3n) is 2.64. The molecule has 18 heavy (non-hydrogen) atoms. The highest BCUT2D eigenvalue weighted by molar-refractivity contribution is 9.10. The SMILES string of the molecule is FC1(F)CNC(c2nc(-c3ccc(Br)o3)no2)C1. The molecule has 0 amide bonds. The lowest BCUT2D eigenvalue weighted by molar-refractivity contribution is 0.0200. The lowest BCUT2D eigenvalue weighted by Crippen LogP contribution is -2.19. The molecule has 0 aromatic carbocycles. The molecule has 2 aromatic heterocycles. The normalized spacial score (nSPS) is 22.5. The van der Waals surface area contributed by atoms with Gasteiger partial charge < -0.3 is 8.94 Å². The molecule has 1 unspecified atom stereocenters. The Hall–Kier alpha value is -1.28. The summed E-state index contributed by atoms with van der Waals surface area (Å²) >= 11 is 3.15. The van der Waals surface area contributed by atoms with E-state index in [0.717, 1.165) is 0 Å². The topological polar surface area (TPSA) is 64.1 Å². The number of rotatable bonds is 2. The highest BCUT2D eigenvalue weighted by Crippen LogP contribution is 2.34. The number of hydrogen-bond acceptors (Lipinski definition) is 5. The first-order valence-electron chi connectivity index (χ1n) is 5.24. The van der Waals surface area contributed by atoms with Crippen molar-refractivity contribution in [1.29, 1.82) is 0 Å². The number of nitrogens with zero attached hydrogens (tertiary/aromatic N) is 2. The predicted octanol–water partition coefficient (Wildman–Crippen LogP) is 2.76. The van der Waals surface area contributed by atoms with Crippen LogP contribution in [0.4, 0.5) is 8.78 Å². The number of hydrogen-bond donors (Lipinski definition) is 1. The van der Waals surface area contributed by atoms with Gasteiger partial charge in [0, 0.05) is 6.42 Å². The summed E-state index contributed by atoms with van der Waals surface area (Å²) in [5.41, 5.74) is 0. The maximum atomic E-state index is 13.0. The molecule has 1 aliphatic rings. The lowest BCUT2D eigenvalue weighted by Gasteiger charge is -2.04. The summed E-state index contributed by atoms with van der Waals surface area (Å²) in [5.74, 6) is -1.92. The second-order valence-electron chi connectivity index (χ2n) is 4.05. The predicted molar refractivity (Wildman–Crippen MR) is 60.0 cm³/mol. The van der Waals surface area contributed by atoms with Gasteiger partial charge in [-0.3, -0.25) is 5.32 Å². The van der Waals surface area contributed by atoms with Crippen molar-refractivity contribution in [3.63, 3.8) is 0 Å². The van der Waals surface area contributed by atoms with Gasteiger partial charge in [0.2, 0.25) is 11.7 Å². The fraction of sp³-hybridized carbons (Fsp3) is 0.400. The highest BCUT2D eigenvalue weighted by Gasteiger charge is 2.42. The van der Waals surface area contributed by atoms with Crippen LogP contribution < -0.4 is 5.32 Å². The second-order valence-corrected chi connectivity index (χ2v) is 4.84. The maximum Gasteiger partial charge on any atom is 0.262 e. The Morgan fingerprint density at radius 1 is 1.44 bits per heavy atom. The highest BCUT2D eigenvalue weighted by atomic mass is 79.9. The van der Waals surface area contributed by atoms with Crippen LogP contribution in [0.3, 0.4) is 0 Å². The van der Waals surface area contributed by atoms with E-state index < -0.39 is 12.0 Å². The molecule has 1 saturated heterocycles. The fourth-order valence-corrected chi connectivity index (χ4v) is 2.11. The van der Waals surface area contributed by atoms with E-state index in [4.69, 9.17) is 8.94 Å². The number of halogens is 3. The summed E-state index contributed by atoms with van der Waals surface area (Å²) in [4.78, 5) is 4.05. The van der Waals surface area contributed by atoms with E-state index in [0.29, 0.717) is 10.4 Å². The summed E-state index contributed by atoms with van der Waals surface area (Å²) in [6, 6.07) is 2.74. The minimum absolute atomic E-state index is 0.148.